The molecule has 0 aliphatic heterocycles. The van der Waals surface area contributed by atoms with Crippen LogP contribution in [0.3, 0.4) is 0 Å². The number of nitrogen functional groups attached to an aromatic ring is 2. The number of hydrogen-bond donors (Lipinski definition) is 3. The topological polar surface area (TPSA) is 150 Å². The molecule has 32 heavy (non-hydrogen) atoms. The van der Waals surface area contributed by atoms with Gasteiger partial charge in [0, 0.05) is 18.7 Å². The molecule has 0 saturated carbocycles. The highest BCUT2D eigenvalue weighted by Crippen LogP contribution is 2.29. The van der Waals surface area contributed by atoms with Gasteiger partial charge in [-0.05, 0) is 29.8 Å². The number of nitrogens with two attached hydrogens (primary N) is 2. The quantitative estimate of drug-likeness (QED) is 0.222. The van der Waals surface area contributed by atoms with Gasteiger partial charge in [-0.15, -0.1) is 0 Å². The van der Waals surface area contributed by atoms with Gasteiger partial charge in [-0.1, -0.05) is 12.1 Å². The maximum atomic E-state index is 13.8. The van der Waals surface area contributed by atoms with Crippen LogP contribution in [0.15, 0.2) is 48.5 Å². The van der Waals surface area contributed by atoms with Gasteiger partial charge in [0.05, 0.1) is 15.5 Å². The summed E-state index contributed by atoms with van der Waals surface area (Å²) in [5, 5.41) is 23.5. The van der Waals surface area contributed by atoms with E-state index in [-0.39, 0.29) is 18.0 Å². The Balaban J connectivity index is 0.000000258. The summed E-state index contributed by atoms with van der Waals surface area (Å²) in [6.45, 7) is 0.244. The first-order valence-electron chi connectivity index (χ1n) is 8.61. The summed E-state index contributed by atoms with van der Waals surface area (Å²) in [6, 6.07) is 9.52. The number of nitrogens with one attached hydrogen (secondary N) is 1. The molecule has 0 heterocycles. The Morgan fingerprint density at radius 3 is 1.78 bits per heavy atom. The Labute approximate surface area is 177 Å². The Hall–Kier alpha value is -4.42. The van der Waals surface area contributed by atoms with Gasteiger partial charge in [0.2, 0.25) is 0 Å². The molecular formula is C19H15F4N5O4. The molecule has 0 aliphatic carbocycles. The van der Waals surface area contributed by atoms with Crippen LogP contribution in [-0.2, 0) is 6.54 Å². The molecule has 3 aromatic carbocycles. The molecule has 0 spiro atoms. The molecule has 0 atom stereocenters. The van der Waals surface area contributed by atoms with Crippen LogP contribution in [0, 0.1) is 43.5 Å². The smallest absolute Gasteiger partial charge is 0.295 e. The molecule has 3 aromatic rings. The Morgan fingerprint density at radius 2 is 1.25 bits per heavy atom. The molecule has 13 heteroatoms. The number of rotatable bonds is 5. The average Bonchev–Trinajstić information content (AvgIpc) is 2.74. The maximum Gasteiger partial charge on any atom is 0.295 e. The van der Waals surface area contributed by atoms with E-state index in [0.717, 1.165) is 17.7 Å². The first-order chi connectivity index (χ1) is 15.0. The molecule has 9 nitrogen and oxygen atoms in total. The molecule has 5 N–H and O–H groups in total. The van der Waals surface area contributed by atoms with Crippen LogP contribution in [0.1, 0.15) is 5.56 Å². The Kier molecular flexibility index (Phi) is 7.50. The first-order valence-corrected chi connectivity index (χ1v) is 8.61. The SMILES string of the molecule is Nc1c([N+](=O)[O-])ccc(F)c1F.Nc1c([N+](=O)[O-])ccc(NCc2ccc(F)cc2)c1F. The number of hydrogen-bond acceptors (Lipinski definition) is 7. The second-order valence-electron chi connectivity index (χ2n) is 6.15. The van der Waals surface area contributed by atoms with E-state index in [2.05, 4.69) is 5.32 Å². The molecule has 0 fully saturated rings. The fraction of sp³-hybridized carbons (Fsp3) is 0.0526. The zero-order valence-corrected chi connectivity index (χ0v) is 16.0. The van der Waals surface area contributed by atoms with Crippen molar-refractivity contribution >= 4 is 28.4 Å². The van der Waals surface area contributed by atoms with Gasteiger partial charge in [-0.3, -0.25) is 20.2 Å². The number of nitro groups is 2. The fourth-order valence-corrected chi connectivity index (χ4v) is 2.39. The molecule has 3 rings (SSSR count). The highest BCUT2D eigenvalue weighted by atomic mass is 19.2. The van der Waals surface area contributed by atoms with Crippen molar-refractivity contribution in [1.29, 1.82) is 0 Å². The summed E-state index contributed by atoms with van der Waals surface area (Å²) in [5.74, 6) is -3.82. The molecule has 168 valence electrons. The van der Waals surface area contributed by atoms with Crippen LogP contribution in [0.2, 0.25) is 0 Å². The lowest BCUT2D eigenvalue weighted by Gasteiger charge is -2.09. The third kappa shape index (κ3) is 5.59. The number of benzene rings is 3. The lowest BCUT2D eigenvalue weighted by Crippen LogP contribution is -2.05. The fourth-order valence-electron chi connectivity index (χ4n) is 2.39. The van der Waals surface area contributed by atoms with E-state index in [0.29, 0.717) is 6.07 Å². The molecule has 0 amide bonds. The van der Waals surface area contributed by atoms with Crippen molar-refractivity contribution in [3.8, 4) is 0 Å². The lowest BCUT2D eigenvalue weighted by atomic mass is 10.2. The van der Waals surface area contributed by atoms with Crippen LogP contribution >= 0.6 is 0 Å². The van der Waals surface area contributed by atoms with Crippen LogP contribution in [-0.4, -0.2) is 9.85 Å². The molecular weight excluding hydrogens is 438 g/mol. The molecule has 0 radical (unpaired) electrons. The second-order valence-corrected chi connectivity index (χ2v) is 6.15. The predicted octanol–water partition coefficient (Wildman–Crippen LogP) is 4.52. The van der Waals surface area contributed by atoms with E-state index < -0.39 is 50.0 Å². The van der Waals surface area contributed by atoms with Gasteiger partial charge in [0.1, 0.15) is 17.2 Å². The van der Waals surface area contributed by atoms with Gasteiger partial charge in [0.25, 0.3) is 11.4 Å². The second kappa shape index (κ2) is 10.1. The average molecular weight is 453 g/mol. The van der Waals surface area contributed by atoms with Gasteiger partial charge in [0.15, 0.2) is 17.5 Å². The van der Waals surface area contributed by atoms with E-state index in [1.165, 1.54) is 18.2 Å². The molecule has 0 aliphatic rings. The van der Waals surface area contributed by atoms with Gasteiger partial charge >= 0.3 is 0 Å². The summed E-state index contributed by atoms with van der Waals surface area (Å²) in [6.07, 6.45) is 0. The number of nitrogens with zero attached hydrogens (tertiary/aromatic N) is 2. The summed E-state index contributed by atoms with van der Waals surface area (Å²) in [7, 11) is 0. The Bertz CT molecular complexity index is 1160. The van der Waals surface area contributed by atoms with E-state index in [4.69, 9.17) is 11.5 Å². The third-order valence-corrected chi connectivity index (χ3v) is 4.06. The van der Waals surface area contributed by atoms with Crippen molar-refractivity contribution in [2.24, 2.45) is 0 Å². The number of nitro benzene ring substituents is 2. The van der Waals surface area contributed by atoms with Crippen molar-refractivity contribution in [3.63, 3.8) is 0 Å². The highest BCUT2D eigenvalue weighted by Gasteiger charge is 2.19. The van der Waals surface area contributed by atoms with E-state index in [1.807, 2.05) is 0 Å². The molecule has 0 saturated heterocycles. The molecule has 0 unspecified atom stereocenters. The predicted molar refractivity (Wildman–Crippen MR) is 109 cm³/mol. The molecule has 0 bridgehead atoms. The summed E-state index contributed by atoms with van der Waals surface area (Å²) < 4.78 is 51.5. The minimum atomic E-state index is -1.38. The highest BCUT2D eigenvalue weighted by molar-refractivity contribution is 5.67. The van der Waals surface area contributed by atoms with Gasteiger partial charge < -0.3 is 16.8 Å². The zero-order chi connectivity index (χ0) is 24.0. The monoisotopic (exact) mass is 453 g/mol. The standard InChI is InChI=1S/C13H11F2N3O2.C6H4F2N2O2/c14-9-3-1-8(2-4-9)7-17-10-5-6-11(18(19)20)13(16)12(10)15;7-3-1-2-4(10(11)12)6(9)5(3)8/h1-6,17H,7,16H2;1-2H,9H2. The number of halogens is 4. The van der Waals surface area contributed by atoms with Crippen molar-refractivity contribution in [2.45, 2.75) is 6.54 Å². The van der Waals surface area contributed by atoms with Crippen LogP contribution in [0.4, 0.5) is 46.0 Å². The third-order valence-electron chi connectivity index (χ3n) is 4.06. The van der Waals surface area contributed by atoms with Gasteiger partial charge in [-0.2, -0.15) is 0 Å². The number of anilines is 3. The minimum Gasteiger partial charge on any atom is -0.391 e. The van der Waals surface area contributed by atoms with Crippen molar-refractivity contribution in [1.82, 2.24) is 0 Å². The largest absolute Gasteiger partial charge is 0.391 e. The van der Waals surface area contributed by atoms with Crippen LogP contribution < -0.4 is 16.8 Å². The zero-order valence-electron chi connectivity index (χ0n) is 16.0. The van der Waals surface area contributed by atoms with Crippen molar-refractivity contribution in [3.05, 3.63) is 97.6 Å². The lowest BCUT2D eigenvalue weighted by molar-refractivity contribution is -0.384. The molecule has 0 aromatic heterocycles. The van der Waals surface area contributed by atoms with Crippen molar-refractivity contribution in [2.75, 3.05) is 16.8 Å². The van der Waals surface area contributed by atoms with E-state index >= 15 is 0 Å². The maximum absolute atomic E-state index is 13.8. The first kappa shape index (κ1) is 23.9. The summed E-state index contributed by atoms with van der Waals surface area (Å²) in [4.78, 5) is 19.1. The van der Waals surface area contributed by atoms with Crippen molar-refractivity contribution < 1.29 is 27.4 Å². The van der Waals surface area contributed by atoms with E-state index in [1.54, 1.807) is 12.1 Å². The van der Waals surface area contributed by atoms with Crippen LogP contribution in [0.5, 0.6) is 0 Å². The normalized spacial score (nSPS) is 10.1. The summed E-state index contributed by atoms with van der Waals surface area (Å²) >= 11 is 0. The Morgan fingerprint density at radius 1 is 0.750 bits per heavy atom. The minimum absolute atomic E-state index is 0.0532. The van der Waals surface area contributed by atoms with Gasteiger partial charge in [-0.25, -0.2) is 17.6 Å². The van der Waals surface area contributed by atoms with E-state index in [9.17, 15) is 37.8 Å². The van der Waals surface area contributed by atoms with Crippen LogP contribution in [0.25, 0.3) is 0 Å². The summed E-state index contributed by atoms with van der Waals surface area (Å²) in [5.41, 5.74) is 8.69.